The van der Waals surface area contributed by atoms with Crippen molar-refractivity contribution in [1.82, 2.24) is 9.97 Å². The molecule has 0 saturated heterocycles. The van der Waals surface area contributed by atoms with Gasteiger partial charge in [-0.1, -0.05) is 48.5 Å². The molecule has 3 nitrogen and oxygen atoms in total. The van der Waals surface area contributed by atoms with E-state index in [0.717, 1.165) is 28.1 Å². The van der Waals surface area contributed by atoms with Crippen molar-refractivity contribution >= 4 is 33.7 Å². The van der Waals surface area contributed by atoms with Gasteiger partial charge in [-0.2, -0.15) is 13.2 Å². The molecular formula is C22H15F3N2OS. The molecule has 0 atom stereocenters. The first-order valence-electron chi connectivity index (χ1n) is 8.77. The molecule has 0 aliphatic heterocycles. The predicted molar refractivity (Wildman–Crippen MR) is 111 cm³/mol. The SMILES string of the molecule is Cc1sc2nc(C=Cc3cccc(C(F)(F)F)c3)[nH]c(=O)c2c1-c1ccccc1. The van der Waals surface area contributed by atoms with Gasteiger partial charge in [0, 0.05) is 10.4 Å². The van der Waals surface area contributed by atoms with Crippen LogP contribution in [0.15, 0.2) is 59.4 Å². The second kappa shape index (κ2) is 7.33. The predicted octanol–water partition coefficient (Wildman–Crippen LogP) is 6.15. The molecule has 1 N–H and O–H groups in total. The highest BCUT2D eigenvalue weighted by atomic mass is 32.1. The quantitative estimate of drug-likeness (QED) is 0.439. The van der Waals surface area contributed by atoms with Crippen LogP contribution < -0.4 is 5.56 Å². The highest BCUT2D eigenvalue weighted by Gasteiger charge is 2.30. The van der Waals surface area contributed by atoms with E-state index >= 15 is 0 Å². The number of alkyl halides is 3. The van der Waals surface area contributed by atoms with Gasteiger partial charge in [0.15, 0.2) is 0 Å². The third-order valence-corrected chi connectivity index (χ3v) is 5.47. The summed E-state index contributed by atoms with van der Waals surface area (Å²) in [5.74, 6) is 0.292. The molecule has 0 saturated carbocycles. The number of thiophene rings is 1. The van der Waals surface area contributed by atoms with Crippen molar-refractivity contribution in [2.24, 2.45) is 0 Å². The Labute approximate surface area is 168 Å². The molecule has 146 valence electrons. The van der Waals surface area contributed by atoms with E-state index < -0.39 is 11.7 Å². The van der Waals surface area contributed by atoms with Crippen LogP contribution in [-0.4, -0.2) is 9.97 Å². The molecular weight excluding hydrogens is 397 g/mol. The summed E-state index contributed by atoms with van der Waals surface area (Å²) in [6.07, 6.45) is -1.40. The summed E-state index contributed by atoms with van der Waals surface area (Å²) in [5, 5.41) is 0.523. The number of aromatic nitrogens is 2. The molecule has 29 heavy (non-hydrogen) atoms. The highest BCUT2D eigenvalue weighted by molar-refractivity contribution is 7.19. The number of hydrogen-bond donors (Lipinski definition) is 1. The van der Waals surface area contributed by atoms with E-state index in [-0.39, 0.29) is 5.56 Å². The Balaban J connectivity index is 1.74. The monoisotopic (exact) mass is 412 g/mol. The molecule has 2 aromatic heterocycles. The van der Waals surface area contributed by atoms with Crippen LogP contribution in [0, 0.1) is 6.92 Å². The molecule has 4 aromatic rings. The van der Waals surface area contributed by atoms with Crippen LogP contribution in [0.4, 0.5) is 13.2 Å². The largest absolute Gasteiger partial charge is 0.416 e. The van der Waals surface area contributed by atoms with Crippen LogP contribution in [0.25, 0.3) is 33.5 Å². The van der Waals surface area contributed by atoms with Gasteiger partial charge in [-0.05, 0) is 36.3 Å². The van der Waals surface area contributed by atoms with Gasteiger partial charge in [-0.25, -0.2) is 4.98 Å². The van der Waals surface area contributed by atoms with Crippen molar-refractivity contribution in [1.29, 1.82) is 0 Å². The van der Waals surface area contributed by atoms with Crippen molar-refractivity contribution in [2.45, 2.75) is 13.1 Å². The fourth-order valence-electron chi connectivity index (χ4n) is 3.16. The van der Waals surface area contributed by atoms with Gasteiger partial charge < -0.3 is 4.98 Å². The first-order valence-corrected chi connectivity index (χ1v) is 9.59. The second-order valence-corrected chi connectivity index (χ2v) is 7.69. The van der Waals surface area contributed by atoms with Crippen LogP contribution in [-0.2, 0) is 6.18 Å². The number of hydrogen-bond acceptors (Lipinski definition) is 3. The van der Waals surface area contributed by atoms with Crippen LogP contribution in [0.1, 0.15) is 21.8 Å². The van der Waals surface area contributed by atoms with E-state index in [0.29, 0.717) is 21.6 Å². The Morgan fingerprint density at radius 3 is 2.52 bits per heavy atom. The Morgan fingerprint density at radius 1 is 1.03 bits per heavy atom. The molecule has 0 aliphatic carbocycles. The van der Waals surface area contributed by atoms with Gasteiger partial charge in [-0.15, -0.1) is 11.3 Å². The molecule has 0 radical (unpaired) electrons. The molecule has 7 heteroatoms. The first kappa shape index (κ1) is 19.1. The Morgan fingerprint density at radius 2 is 1.79 bits per heavy atom. The minimum absolute atomic E-state index is 0.276. The van der Waals surface area contributed by atoms with E-state index in [2.05, 4.69) is 9.97 Å². The van der Waals surface area contributed by atoms with Crippen molar-refractivity contribution in [2.75, 3.05) is 0 Å². The fourth-order valence-corrected chi connectivity index (χ4v) is 4.21. The Hall–Kier alpha value is -3.19. The number of nitrogens with one attached hydrogen (secondary N) is 1. The summed E-state index contributed by atoms with van der Waals surface area (Å²) in [6, 6.07) is 14.6. The zero-order valence-corrected chi connectivity index (χ0v) is 16.1. The van der Waals surface area contributed by atoms with E-state index in [1.807, 2.05) is 37.3 Å². The topological polar surface area (TPSA) is 45.8 Å². The molecule has 0 unspecified atom stereocenters. The van der Waals surface area contributed by atoms with Gasteiger partial charge in [0.2, 0.25) is 0 Å². The Kier molecular flexibility index (Phi) is 4.84. The number of nitrogens with zero attached hydrogens (tertiary/aromatic N) is 1. The van der Waals surface area contributed by atoms with Crippen molar-refractivity contribution in [3.8, 4) is 11.1 Å². The smallest absolute Gasteiger partial charge is 0.306 e. The lowest BCUT2D eigenvalue weighted by Crippen LogP contribution is -2.09. The summed E-state index contributed by atoms with van der Waals surface area (Å²) in [7, 11) is 0. The summed E-state index contributed by atoms with van der Waals surface area (Å²) in [4.78, 5) is 21.5. The van der Waals surface area contributed by atoms with Crippen molar-refractivity contribution in [3.63, 3.8) is 0 Å². The number of aromatic amines is 1. The molecule has 2 aromatic carbocycles. The van der Waals surface area contributed by atoms with Gasteiger partial charge in [0.1, 0.15) is 10.7 Å². The van der Waals surface area contributed by atoms with Crippen LogP contribution in [0.5, 0.6) is 0 Å². The average Bonchev–Trinajstić information content (AvgIpc) is 3.03. The van der Waals surface area contributed by atoms with Crippen molar-refractivity contribution in [3.05, 3.63) is 86.8 Å². The number of H-pyrrole nitrogens is 1. The average molecular weight is 412 g/mol. The highest BCUT2D eigenvalue weighted by Crippen LogP contribution is 2.35. The minimum Gasteiger partial charge on any atom is -0.306 e. The maximum Gasteiger partial charge on any atom is 0.416 e. The third-order valence-electron chi connectivity index (χ3n) is 4.47. The molecule has 0 fully saturated rings. The van der Waals surface area contributed by atoms with E-state index in [1.165, 1.54) is 29.6 Å². The maximum atomic E-state index is 12.9. The number of halogens is 3. The molecule has 0 bridgehead atoms. The zero-order chi connectivity index (χ0) is 20.6. The summed E-state index contributed by atoms with van der Waals surface area (Å²) >= 11 is 1.42. The first-order chi connectivity index (χ1) is 13.8. The zero-order valence-electron chi connectivity index (χ0n) is 15.2. The summed E-state index contributed by atoms with van der Waals surface area (Å²) in [5.41, 5.74) is 1.17. The van der Waals surface area contributed by atoms with Gasteiger partial charge in [0.05, 0.1) is 10.9 Å². The lowest BCUT2D eigenvalue weighted by Gasteiger charge is -2.06. The third kappa shape index (κ3) is 3.86. The molecule has 2 heterocycles. The normalized spacial score (nSPS) is 12.1. The second-order valence-electron chi connectivity index (χ2n) is 6.49. The standard InChI is InChI=1S/C22H15F3N2OS/c1-13-18(15-7-3-2-4-8-15)19-20(28)26-17(27-21(19)29-13)11-10-14-6-5-9-16(12-14)22(23,24)25/h2-12H,1H3,(H,26,27,28). The van der Waals surface area contributed by atoms with E-state index in [4.69, 9.17) is 0 Å². The van der Waals surface area contributed by atoms with E-state index in [9.17, 15) is 18.0 Å². The maximum absolute atomic E-state index is 12.9. The number of fused-ring (bicyclic) bond motifs is 1. The van der Waals surface area contributed by atoms with Crippen molar-refractivity contribution < 1.29 is 13.2 Å². The summed E-state index contributed by atoms with van der Waals surface area (Å²) in [6.45, 7) is 1.94. The van der Waals surface area contributed by atoms with E-state index in [1.54, 1.807) is 6.07 Å². The van der Waals surface area contributed by atoms with Gasteiger partial charge in [-0.3, -0.25) is 4.79 Å². The number of aryl methyl sites for hydroxylation is 1. The fraction of sp³-hybridized carbons (Fsp3) is 0.0909. The summed E-state index contributed by atoms with van der Waals surface area (Å²) < 4.78 is 38.6. The number of benzene rings is 2. The Bertz CT molecular complexity index is 1270. The van der Waals surface area contributed by atoms with Crippen LogP contribution >= 0.6 is 11.3 Å². The molecule has 0 amide bonds. The van der Waals surface area contributed by atoms with Crippen LogP contribution in [0.3, 0.4) is 0 Å². The molecule has 0 spiro atoms. The molecule has 0 aliphatic rings. The number of rotatable bonds is 3. The van der Waals surface area contributed by atoms with Gasteiger partial charge >= 0.3 is 6.18 Å². The minimum atomic E-state index is -4.41. The molecule has 4 rings (SSSR count). The van der Waals surface area contributed by atoms with Gasteiger partial charge in [0.25, 0.3) is 5.56 Å². The lowest BCUT2D eigenvalue weighted by atomic mass is 10.0. The lowest BCUT2D eigenvalue weighted by molar-refractivity contribution is -0.137. The van der Waals surface area contributed by atoms with Crippen LogP contribution in [0.2, 0.25) is 0 Å².